The fourth-order valence-corrected chi connectivity index (χ4v) is 3.84. The van der Waals surface area contributed by atoms with Gasteiger partial charge in [0.2, 0.25) is 5.89 Å². The molecule has 0 saturated carbocycles. The molecule has 0 aliphatic carbocycles. The minimum Gasteiger partial charge on any atom is -0.434 e. The minimum atomic E-state index is -0.127. The lowest BCUT2D eigenvalue weighted by molar-refractivity contribution is 0.0363. The number of hydrogen-bond acceptors (Lipinski definition) is 8. The Morgan fingerprint density at radius 2 is 1.91 bits per heavy atom. The van der Waals surface area contributed by atoms with Gasteiger partial charge in [-0.1, -0.05) is 6.07 Å². The van der Waals surface area contributed by atoms with Crippen LogP contribution < -0.4 is 10.9 Å². The second-order valence-corrected chi connectivity index (χ2v) is 8.16. The first-order valence-corrected chi connectivity index (χ1v) is 11.3. The molecule has 1 saturated heterocycles. The molecule has 0 amide bonds. The van der Waals surface area contributed by atoms with Gasteiger partial charge in [-0.3, -0.25) is 9.69 Å². The number of aryl methyl sites for hydroxylation is 1. The molecule has 0 atom stereocenters. The zero-order valence-electron chi connectivity index (χ0n) is 19.0. The van der Waals surface area contributed by atoms with E-state index in [0.717, 1.165) is 38.4 Å². The first-order valence-electron chi connectivity index (χ1n) is 11.3. The molecule has 1 fully saturated rings. The predicted molar refractivity (Wildman–Crippen MR) is 129 cm³/mol. The number of nitrogens with zero attached hydrogens (tertiary/aromatic N) is 5. The van der Waals surface area contributed by atoms with Gasteiger partial charge in [0.25, 0.3) is 5.56 Å². The third-order valence-electron chi connectivity index (χ3n) is 5.69. The summed E-state index contributed by atoms with van der Waals surface area (Å²) in [5.74, 6) is 2.11. The molecule has 0 bridgehead atoms. The Labute approximate surface area is 197 Å². The third kappa shape index (κ3) is 5.05. The Hall–Kier alpha value is -3.82. The quantitative estimate of drug-likeness (QED) is 0.450. The zero-order chi connectivity index (χ0) is 23.3. The monoisotopic (exact) mass is 458 g/mol. The predicted octanol–water partition coefficient (Wildman–Crippen LogP) is 3.34. The second-order valence-electron chi connectivity index (χ2n) is 8.16. The molecule has 5 heterocycles. The summed E-state index contributed by atoms with van der Waals surface area (Å²) in [5, 5.41) is 3.20. The molecule has 1 aliphatic heterocycles. The fraction of sp³-hybridized carbons (Fsp3) is 0.280. The first kappa shape index (κ1) is 22.0. The Morgan fingerprint density at radius 3 is 2.76 bits per heavy atom. The van der Waals surface area contributed by atoms with E-state index >= 15 is 0 Å². The molecule has 5 rings (SSSR count). The van der Waals surface area contributed by atoms with Gasteiger partial charge in [-0.15, -0.1) is 0 Å². The van der Waals surface area contributed by atoms with E-state index in [2.05, 4.69) is 25.2 Å². The number of ether oxygens (including phenoxy) is 1. The highest BCUT2D eigenvalue weighted by Gasteiger charge is 2.15. The molecule has 1 aliphatic rings. The number of nitrogens with one attached hydrogen (secondary N) is 1. The fourth-order valence-electron chi connectivity index (χ4n) is 3.84. The van der Waals surface area contributed by atoms with Crippen molar-refractivity contribution in [2.45, 2.75) is 13.5 Å². The largest absolute Gasteiger partial charge is 0.434 e. The molecule has 0 aromatic carbocycles. The van der Waals surface area contributed by atoms with Crippen molar-refractivity contribution < 1.29 is 9.15 Å². The molecule has 4 aromatic heterocycles. The average Bonchev–Trinajstić information content (AvgIpc) is 3.34. The lowest BCUT2D eigenvalue weighted by Crippen LogP contribution is -2.39. The van der Waals surface area contributed by atoms with Crippen LogP contribution >= 0.6 is 0 Å². The van der Waals surface area contributed by atoms with Crippen molar-refractivity contribution in [2.24, 2.45) is 0 Å². The zero-order valence-corrected chi connectivity index (χ0v) is 19.0. The number of rotatable bonds is 7. The maximum Gasteiger partial charge on any atom is 0.263 e. The van der Waals surface area contributed by atoms with Crippen LogP contribution in [0.2, 0.25) is 0 Å². The lowest BCUT2D eigenvalue weighted by atomic mass is 10.2. The van der Waals surface area contributed by atoms with Gasteiger partial charge in [0.1, 0.15) is 22.9 Å². The smallest absolute Gasteiger partial charge is 0.263 e. The standard InChI is InChI=1S/C25H26N6O3/c1-18-7-8-26-23(16-18)29-22-6-2-5-20(28-22)21-17-27-24(34-21)19-4-3-9-31(25(19)32)11-10-30-12-14-33-15-13-30/h2-9,16-17H,10-15H2,1H3,(H,26,28,29). The van der Waals surface area contributed by atoms with Crippen molar-refractivity contribution in [3.05, 3.63) is 77.0 Å². The van der Waals surface area contributed by atoms with Crippen LogP contribution in [-0.4, -0.2) is 57.3 Å². The van der Waals surface area contributed by atoms with E-state index in [0.29, 0.717) is 35.2 Å². The summed E-state index contributed by atoms with van der Waals surface area (Å²) < 4.78 is 13.0. The number of oxazole rings is 1. The van der Waals surface area contributed by atoms with E-state index in [1.807, 2.05) is 43.3 Å². The van der Waals surface area contributed by atoms with E-state index in [1.165, 1.54) is 0 Å². The molecule has 174 valence electrons. The average molecular weight is 459 g/mol. The van der Waals surface area contributed by atoms with Crippen LogP contribution in [0.25, 0.3) is 22.9 Å². The summed E-state index contributed by atoms with van der Waals surface area (Å²) >= 11 is 0. The van der Waals surface area contributed by atoms with Gasteiger partial charge in [-0.2, -0.15) is 0 Å². The molecule has 0 radical (unpaired) electrons. The summed E-state index contributed by atoms with van der Waals surface area (Å²) in [6.45, 7) is 6.65. The van der Waals surface area contributed by atoms with Crippen LogP contribution in [0.1, 0.15) is 5.56 Å². The summed E-state index contributed by atoms with van der Waals surface area (Å²) in [6.07, 6.45) is 5.14. The Balaban J connectivity index is 1.33. The Kier molecular flexibility index (Phi) is 6.46. The Morgan fingerprint density at radius 1 is 1.03 bits per heavy atom. The van der Waals surface area contributed by atoms with E-state index < -0.39 is 0 Å². The number of hydrogen-bond donors (Lipinski definition) is 1. The highest BCUT2D eigenvalue weighted by Crippen LogP contribution is 2.25. The highest BCUT2D eigenvalue weighted by molar-refractivity contribution is 5.61. The van der Waals surface area contributed by atoms with E-state index in [-0.39, 0.29) is 11.4 Å². The van der Waals surface area contributed by atoms with E-state index in [9.17, 15) is 4.79 Å². The second kappa shape index (κ2) is 9.98. The molecule has 0 unspecified atom stereocenters. The van der Waals surface area contributed by atoms with E-state index in [4.69, 9.17) is 9.15 Å². The van der Waals surface area contributed by atoms with Crippen LogP contribution in [0.15, 0.2) is 70.3 Å². The molecule has 4 aromatic rings. The van der Waals surface area contributed by atoms with Crippen molar-refractivity contribution >= 4 is 11.6 Å². The topological polar surface area (TPSA) is 98.3 Å². The van der Waals surface area contributed by atoms with Gasteiger partial charge in [0, 0.05) is 38.6 Å². The maximum absolute atomic E-state index is 13.1. The van der Waals surface area contributed by atoms with Crippen molar-refractivity contribution in [1.29, 1.82) is 0 Å². The van der Waals surface area contributed by atoms with Gasteiger partial charge < -0.3 is 19.0 Å². The van der Waals surface area contributed by atoms with Crippen LogP contribution in [0.5, 0.6) is 0 Å². The molecule has 9 nitrogen and oxygen atoms in total. The SMILES string of the molecule is Cc1ccnc(Nc2cccc(-c3cnc(-c4cccn(CCN5CCOCC5)c4=O)o3)n2)c1. The number of pyridine rings is 3. The summed E-state index contributed by atoms with van der Waals surface area (Å²) in [6, 6.07) is 13.0. The summed E-state index contributed by atoms with van der Waals surface area (Å²) in [4.78, 5) is 28.6. The molecule has 34 heavy (non-hydrogen) atoms. The summed E-state index contributed by atoms with van der Waals surface area (Å²) in [7, 11) is 0. The van der Waals surface area contributed by atoms with Crippen LogP contribution in [0.3, 0.4) is 0 Å². The molecule has 0 spiro atoms. The first-order chi connectivity index (χ1) is 16.7. The van der Waals surface area contributed by atoms with Gasteiger partial charge >= 0.3 is 0 Å². The number of anilines is 2. The lowest BCUT2D eigenvalue weighted by Gasteiger charge is -2.26. The third-order valence-corrected chi connectivity index (χ3v) is 5.69. The molecule has 1 N–H and O–H groups in total. The maximum atomic E-state index is 13.1. The van der Waals surface area contributed by atoms with Crippen molar-refractivity contribution in [3.8, 4) is 22.9 Å². The van der Waals surface area contributed by atoms with Gasteiger partial charge in [-0.05, 0) is 48.9 Å². The van der Waals surface area contributed by atoms with Gasteiger partial charge in [0.15, 0.2) is 5.76 Å². The normalized spacial score (nSPS) is 14.3. The highest BCUT2D eigenvalue weighted by atomic mass is 16.5. The van der Waals surface area contributed by atoms with Gasteiger partial charge in [0.05, 0.1) is 19.4 Å². The van der Waals surface area contributed by atoms with E-state index in [1.54, 1.807) is 29.2 Å². The molecular weight excluding hydrogens is 432 g/mol. The summed E-state index contributed by atoms with van der Waals surface area (Å²) in [5.41, 5.74) is 2.01. The van der Waals surface area contributed by atoms with Crippen molar-refractivity contribution in [3.63, 3.8) is 0 Å². The van der Waals surface area contributed by atoms with Crippen molar-refractivity contribution in [1.82, 2.24) is 24.4 Å². The molecular formula is C25H26N6O3. The molecule has 9 heteroatoms. The van der Waals surface area contributed by atoms with Crippen LogP contribution in [-0.2, 0) is 11.3 Å². The number of morpholine rings is 1. The van der Waals surface area contributed by atoms with Crippen LogP contribution in [0.4, 0.5) is 11.6 Å². The minimum absolute atomic E-state index is 0.127. The van der Waals surface area contributed by atoms with Crippen LogP contribution in [0, 0.1) is 6.92 Å². The van der Waals surface area contributed by atoms with Crippen molar-refractivity contribution in [2.75, 3.05) is 38.2 Å². The Bertz CT molecular complexity index is 1330. The van der Waals surface area contributed by atoms with Gasteiger partial charge in [-0.25, -0.2) is 15.0 Å². The number of aromatic nitrogens is 4.